The van der Waals surface area contributed by atoms with Crippen molar-refractivity contribution in [3.8, 4) is 34.1 Å². The van der Waals surface area contributed by atoms with Gasteiger partial charge in [0.15, 0.2) is 12.1 Å². The summed E-state index contributed by atoms with van der Waals surface area (Å²) in [4.78, 5) is 60.9. The number of benzene rings is 3. The summed E-state index contributed by atoms with van der Waals surface area (Å²) in [6.07, 6.45) is 7.93. The van der Waals surface area contributed by atoms with Crippen molar-refractivity contribution in [3.05, 3.63) is 120 Å². The number of aldehydes is 1. The first-order chi connectivity index (χ1) is 26.6. The van der Waals surface area contributed by atoms with E-state index in [0.717, 1.165) is 0 Å². The predicted octanol–water partition coefficient (Wildman–Crippen LogP) is 7.39. The van der Waals surface area contributed by atoms with E-state index in [1.807, 2.05) is 18.2 Å². The van der Waals surface area contributed by atoms with Gasteiger partial charge in [0.2, 0.25) is 17.5 Å². The van der Waals surface area contributed by atoms with Crippen LogP contribution in [0.3, 0.4) is 0 Å². The molecule has 14 heteroatoms. The zero-order chi connectivity index (χ0) is 38.6. The lowest BCUT2D eigenvalue weighted by Crippen LogP contribution is -2.25. The van der Waals surface area contributed by atoms with E-state index in [0.29, 0.717) is 75.5 Å². The average Bonchev–Trinajstić information content (AvgIpc) is 3.79. The van der Waals surface area contributed by atoms with E-state index in [1.54, 1.807) is 78.5 Å². The molecule has 0 aliphatic heterocycles. The molecule has 2 N–H and O–H groups in total. The van der Waals surface area contributed by atoms with E-state index >= 15 is 0 Å². The summed E-state index contributed by atoms with van der Waals surface area (Å²) in [5.41, 5.74) is 4.54. The van der Waals surface area contributed by atoms with E-state index in [2.05, 4.69) is 25.7 Å². The number of rotatable bonds is 11. The molecule has 6 aromatic rings. The maximum atomic E-state index is 13.6. The Bertz CT molecular complexity index is 2520. The molecule has 276 valence electrons. The van der Waals surface area contributed by atoms with Crippen LogP contribution in [0.25, 0.3) is 33.6 Å². The number of fused-ring (bicyclic) bond motifs is 1. The zero-order valence-corrected chi connectivity index (χ0v) is 30.0. The summed E-state index contributed by atoms with van der Waals surface area (Å²) in [5.74, 6) is -0.465. The van der Waals surface area contributed by atoms with Crippen LogP contribution in [0.4, 0.5) is 21.5 Å². The molecule has 3 aromatic heterocycles. The SMILES string of the molecule is CC(=O)Nc1cccc(-c2c(-c3cnn(C)c3)oc3ncnc(Oc4ccc(NC(=O)/C(C=O)=C/C5=C(N(C)c6ccc(F)cc6)CCCC5=O)cc4)c23)c1. The first kappa shape index (κ1) is 36.2. The number of ether oxygens (including phenoxy) is 1. The van der Waals surface area contributed by atoms with Crippen molar-refractivity contribution in [3.63, 3.8) is 0 Å². The minimum absolute atomic E-state index is 0.193. The van der Waals surface area contributed by atoms with E-state index in [9.17, 15) is 23.6 Å². The Labute approximate surface area is 314 Å². The average molecular weight is 740 g/mol. The normalized spacial score (nSPS) is 13.2. The molecule has 0 saturated heterocycles. The number of carbonyl (C=O) groups excluding carboxylic acids is 4. The predicted molar refractivity (Wildman–Crippen MR) is 204 cm³/mol. The third kappa shape index (κ3) is 7.78. The van der Waals surface area contributed by atoms with Crippen LogP contribution in [0.15, 0.2) is 119 Å². The van der Waals surface area contributed by atoms with Gasteiger partial charge in [-0.25, -0.2) is 14.4 Å². The molecule has 0 fully saturated rings. The lowest BCUT2D eigenvalue weighted by Gasteiger charge is -2.28. The fourth-order valence-electron chi connectivity index (χ4n) is 6.37. The molecule has 3 aromatic carbocycles. The Morgan fingerprint density at radius 1 is 0.982 bits per heavy atom. The number of hydrogen-bond acceptors (Lipinski definition) is 10. The first-order valence-corrected chi connectivity index (χ1v) is 17.2. The second-order valence-corrected chi connectivity index (χ2v) is 12.8. The number of ketones is 1. The van der Waals surface area contributed by atoms with Crippen molar-refractivity contribution < 1.29 is 32.7 Å². The third-order valence-corrected chi connectivity index (χ3v) is 8.96. The van der Waals surface area contributed by atoms with Crippen LogP contribution in [0, 0.1) is 5.82 Å². The smallest absolute Gasteiger partial charge is 0.259 e. The molecule has 2 amide bonds. The van der Waals surface area contributed by atoms with Gasteiger partial charge < -0.3 is 24.7 Å². The number of halogens is 1. The van der Waals surface area contributed by atoms with Gasteiger partial charge in [0.1, 0.15) is 29.0 Å². The number of furan rings is 1. The van der Waals surface area contributed by atoms with Gasteiger partial charge in [-0.3, -0.25) is 23.9 Å². The highest BCUT2D eigenvalue weighted by atomic mass is 19.1. The number of nitrogens with one attached hydrogen (secondary N) is 2. The fraction of sp³-hybridized carbons (Fsp3) is 0.146. The molecular weight excluding hydrogens is 705 g/mol. The van der Waals surface area contributed by atoms with Crippen LogP contribution >= 0.6 is 0 Å². The van der Waals surface area contributed by atoms with Gasteiger partial charge in [0.05, 0.1) is 17.3 Å². The number of Topliss-reactive ketones (excluding diaryl/α,β-unsaturated/α-hetero) is 1. The Morgan fingerprint density at radius 2 is 1.76 bits per heavy atom. The van der Waals surface area contributed by atoms with Gasteiger partial charge in [-0.05, 0) is 85.1 Å². The zero-order valence-electron chi connectivity index (χ0n) is 30.0. The summed E-state index contributed by atoms with van der Waals surface area (Å²) in [7, 11) is 3.55. The number of anilines is 3. The largest absolute Gasteiger partial charge is 0.438 e. The highest BCUT2D eigenvalue weighted by Gasteiger charge is 2.26. The molecule has 7 rings (SSSR count). The number of aryl methyl sites for hydroxylation is 1. The molecule has 0 spiro atoms. The summed E-state index contributed by atoms with van der Waals surface area (Å²) in [6.45, 7) is 1.43. The van der Waals surface area contributed by atoms with Crippen molar-refractivity contribution in [1.29, 1.82) is 0 Å². The van der Waals surface area contributed by atoms with Crippen molar-refractivity contribution in [2.24, 2.45) is 7.05 Å². The standard InChI is InChI=1S/C41H34FN7O6/c1-24(51)46-30-7-4-6-25(18-30)36-37-40(43-23-44-41(37)55-38(36)27-20-45-48(2)21-27)54-32-16-12-29(13-17-32)47-39(53)26(22-50)19-33-34(8-5-9-35(33)52)49(3)31-14-10-28(42)11-15-31/h4,6-7,10-23H,5,8-9H2,1-3H3,(H,46,51)(H,47,53)/b26-19+. The lowest BCUT2D eigenvalue weighted by molar-refractivity contribution is -0.116. The van der Waals surface area contributed by atoms with Crippen molar-refractivity contribution >= 4 is 52.0 Å². The first-order valence-electron chi connectivity index (χ1n) is 17.2. The van der Waals surface area contributed by atoms with Crippen LogP contribution in [0.2, 0.25) is 0 Å². The monoisotopic (exact) mass is 739 g/mol. The maximum Gasteiger partial charge on any atom is 0.259 e. The molecule has 0 radical (unpaired) electrons. The third-order valence-electron chi connectivity index (χ3n) is 8.96. The Morgan fingerprint density at radius 3 is 2.47 bits per heavy atom. The van der Waals surface area contributed by atoms with Gasteiger partial charge in [-0.2, -0.15) is 5.10 Å². The Kier molecular flexibility index (Phi) is 10.1. The molecule has 13 nitrogen and oxygen atoms in total. The molecule has 1 aliphatic carbocycles. The van der Waals surface area contributed by atoms with E-state index in [4.69, 9.17) is 9.15 Å². The van der Waals surface area contributed by atoms with Crippen LogP contribution in [-0.4, -0.2) is 50.7 Å². The minimum Gasteiger partial charge on any atom is -0.438 e. The van der Waals surface area contributed by atoms with E-state index < -0.39 is 5.91 Å². The number of hydrogen-bond donors (Lipinski definition) is 2. The molecule has 0 atom stereocenters. The number of carbonyl (C=O) groups is 4. The molecule has 3 heterocycles. The van der Waals surface area contributed by atoms with Gasteiger partial charge in [0.25, 0.3) is 5.91 Å². The van der Waals surface area contributed by atoms with Crippen LogP contribution in [0.5, 0.6) is 11.6 Å². The van der Waals surface area contributed by atoms with Crippen LogP contribution in [0.1, 0.15) is 26.2 Å². The molecule has 1 aliphatic rings. The van der Waals surface area contributed by atoms with Crippen molar-refractivity contribution in [2.75, 3.05) is 22.6 Å². The molecule has 55 heavy (non-hydrogen) atoms. The van der Waals surface area contributed by atoms with Crippen LogP contribution < -0.4 is 20.3 Å². The molecule has 0 saturated carbocycles. The van der Waals surface area contributed by atoms with Crippen LogP contribution in [-0.2, 0) is 26.2 Å². The fourth-order valence-corrected chi connectivity index (χ4v) is 6.37. The highest BCUT2D eigenvalue weighted by molar-refractivity contribution is 6.18. The van der Waals surface area contributed by atoms with Gasteiger partial charge in [-0.1, -0.05) is 12.1 Å². The number of aromatic nitrogens is 4. The summed E-state index contributed by atoms with van der Waals surface area (Å²) in [5, 5.41) is 10.3. The summed E-state index contributed by atoms with van der Waals surface area (Å²) >= 11 is 0. The number of allylic oxidation sites excluding steroid dienone is 3. The molecular formula is C41H34FN7O6. The highest BCUT2D eigenvalue weighted by Crippen LogP contribution is 2.44. The molecule has 0 unspecified atom stereocenters. The van der Waals surface area contributed by atoms with E-state index in [-0.39, 0.29) is 46.7 Å². The topological polar surface area (TPSA) is 162 Å². The number of amides is 2. The summed E-state index contributed by atoms with van der Waals surface area (Å²) < 4.78 is 27.7. The minimum atomic E-state index is -0.705. The van der Waals surface area contributed by atoms with Crippen molar-refractivity contribution in [2.45, 2.75) is 26.2 Å². The Balaban J connectivity index is 1.16. The maximum absolute atomic E-state index is 13.6. The summed E-state index contributed by atoms with van der Waals surface area (Å²) in [6, 6.07) is 19.6. The van der Waals surface area contributed by atoms with Gasteiger partial charge >= 0.3 is 0 Å². The second kappa shape index (κ2) is 15.4. The lowest BCUT2D eigenvalue weighted by atomic mass is 9.92. The van der Waals surface area contributed by atoms with Gasteiger partial charge in [0, 0.05) is 67.5 Å². The van der Waals surface area contributed by atoms with Crippen molar-refractivity contribution in [1.82, 2.24) is 19.7 Å². The van der Waals surface area contributed by atoms with Gasteiger partial charge in [-0.15, -0.1) is 0 Å². The molecule has 0 bridgehead atoms. The van der Waals surface area contributed by atoms with E-state index in [1.165, 1.54) is 31.5 Å². The number of nitrogens with zero attached hydrogens (tertiary/aromatic N) is 5. The quantitative estimate of drug-likeness (QED) is 0.0593. The second-order valence-electron chi connectivity index (χ2n) is 12.8. The Hall–Kier alpha value is -7.22.